The van der Waals surface area contributed by atoms with Gasteiger partial charge in [0.05, 0.1) is 0 Å². The van der Waals surface area contributed by atoms with Crippen LogP contribution in [0, 0.1) is 0 Å². The topological polar surface area (TPSA) is 72.5 Å². The van der Waals surface area contributed by atoms with Crippen LogP contribution in [-0.2, 0) is 13.0 Å². The number of nitrogens with one attached hydrogen (secondary N) is 1. The van der Waals surface area contributed by atoms with Crippen LogP contribution >= 0.6 is 0 Å². The van der Waals surface area contributed by atoms with Crippen molar-refractivity contribution in [2.75, 3.05) is 19.6 Å². The van der Waals surface area contributed by atoms with E-state index in [1.165, 1.54) is 5.56 Å². The first kappa shape index (κ1) is 15.6. The fourth-order valence-corrected chi connectivity index (χ4v) is 3.15. The third kappa shape index (κ3) is 4.10. The van der Waals surface area contributed by atoms with E-state index in [0.717, 1.165) is 38.2 Å². The van der Waals surface area contributed by atoms with Gasteiger partial charge >= 0.3 is 6.09 Å². The van der Waals surface area contributed by atoms with Gasteiger partial charge in [0, 0.05) is 44.1 Å². The highest BCUT2D eigenvalue weighted by Gasteiger charge is 2.30. The average Bonchev–Trinajstić information content (AvgIpc) is 3.07. The molecule has 1 aliphatic rings. The summed E-state index contributed by atoms with van der Waals surface area (Å²) in [6, 6.07) is 12.2. The molecule has 1 aromatic heterocycles. The van der Waals surface area contributed by atoms with E-state index in [4.69, 9.17) is 0 Å². The Bertz CT molecular complexity index is 615. The molecule has 0 bridgehead atoms. The number of carbonyl (C=O) groups is 1. The van der Waals surface area contributed by atoms with Gasteiger partial charge in [-0.25, -0.2) is 4.79 Å². The lowest BCUT2D eigenvalue weighted by Gasteiger charge is -2.40. The van der Waals surface area contributed by atoms with Crippen LogP contribution in [0.5, 0.6) is 0 Å². The number of amides is 1. The van der Waals surface area contributed by atoms with Crippen molar-refractivity contribution >= 4 is 6.09 Å². The molecule has 3 rings (SSSR count). The molecule has 23 heavy (non-hydrogen) atoms. The van der Waals surface area contributed by atoms with Gasteiger partial charge in [0.25, 0.3) is 0 Å². The van der Waals surface area contributed by atoms with Crippen LogP contribution in [0.15, 0.2) is 42.6 Å². The van der Waals surface area contributed by atoms with Gasteiger partial charge in [0.15, 0.2) is 0 Å². The largest absolute Gasteiger partial charge is 0.465 e. The Labute approximate surface area is 135 Å². The minimum Gasteiger partial charge on any atom is -0.465 e. The molecule has 6 nitrogen and oxygen atoms in total. The third-order valence-corrected chi connectivity index (χ3v) is 4.37. The summed E-state index contributed by atoms with van der Waals surface area (Å²) in [7, 11) is 0. The highest BCUT2D eigenvalue weighted by Crippen LogP contribution is 2.17. The summed E-state index contributed by atoms with van der Waals surface area (Å²) in [5, 5.41) is 16.4. The molecule has 1 atom stereocenters. The minimum atomic E-state index is -0.816. The third-order valence-electron chi connectivity index (χ3n) is 4.37. The van der Waals surface area contributed by atoms with Crippen LogP contribution in [0.25, 0.3) is 0 Å². The number of benzene rings is 1. The number of aryl methyl sites for hydroxylation is 1. The van der Waals surface area contributed by atoms with E-state index in [9.17, 15) is 9.90 Å². The first-order chi connectivity index (χ1) is 11.2. The van der Waals surface area contributed by atoms with Crippen molar-refractivity contribution in [2.24, 2.45) is 0 Å². The minimum absolute atomic E-state index is 0.0318. The van der Waals surface area contributed by atoms with Gasteiger partial charge < -0.3 is 10.0 Å². The summed E-state index contributed by atoms with van der Waals surface area (Å²) < 4.78 is 0. The number of rotatable bonds is 5. The van der Waals surface area contributed by atoms with Crippen LogP contribution in [0.4, 0.5) is 4.79 Å². The standard InChI is InChI=1S/C17H22N4O2/c22-17(23)21-11-10-20(12-15-8-9-18-19-15)13-16(21)7-6-14-4-2-1-3-5-14/h1-5,8-9,16H,6-7,10-13H2,(H,18,19)(H,22,23)/t16-/m0/s1. The van der Waals surface area contributed by atoms with Gasteiger partial charge in [-0.15, -0.1) is 0 Å². The number of aromatic nitrogens is 2. The number of carboxylic acid groups (broad SMARTS) is 1. The van der Waals surface area contributed by atoms with E-state index in [-0.39, 0.29) is 6.04 Å². The van der Waals surface area contributed by atoms with Crippen LogP contribution < -0.4 is 0 Å². The van der Waals surface area contributed by atoms with E-state index in [0.29, 0.717) is 6.54 Å². The summed E-state index contributed by atoms with van der Waals surface area (Å²) in [6.45, 7) is 2.86. The Kier molecular flexibility index (Phi) is 4.92. The van der Waals surface area contributed by atoms with Crippen molar-refractivity contribution in [3.63, 3.8) is 0 Å². The van der Waals surface area contributed by atoms with Crippen molar-refractivity contribution in [2.45, 2.75) is 25.4 Å². The molecule has 1 aliphatic heterocycles. The van der Waals surface area contributed by atoms with Crippen LogP contribution in [0.3, 0.4) is 0 Å². The smallest absolute Gasteiger partial charge is 0.407 e. The molecule has 0 unspecified atom stereocenters. The van der Waals surface area contributed by atoms with Gasteiger partial charge in [0.2, 0.25) is 0 Å². The average molecular weight is 314 g/mol. The van der Waals surface area contributed by atoms with Crippen LogP contribution in [-0.4, -0.2) is 56.9 Å². The van der Waals surface area contributed by atoms with Crippen LogP contribution in [0.2, 0.25) is 0 Å². The second kappa shape index (κ2) is 7.28. The molecule has 1 saturated heterocycles. The number of nitrogens with zero attached hydrogens (tertiary/aromatic N) is 3. The van der Waals surface area contributed by atoms with Gasteiger partial charge in [0.1, 0.15) is 0 Å². The molecule has 1 fully saturated rings. The van der Waals surface area contributed by atoms with E-state index >= 15 is 0 Å². The number of hydrogen-bond acceptors (Lipinski definition) is 3. The Morgan fingerprint density at radius 2 is 2.09 bits per heavy atom. The lowest BCUT2D eigenvalue weighted by molar-refractivity contribution is 0.0607. The summed E-state index contributed by atoms with van der Waals surface area (Å²) in [5.74, 6) is 0. The zero-order valence-corrected chi connectivity index (χ0v) is 13.1. The number of aromatic amines is 1. The molecule has 0 aliphatic carbocycles. The highest BCUT2D eigenvalue weighted by atomic mass is 16.4. The Morgan fingerprint density at radius 3 is 2.78 bits per heavy atom. The highest BCUT2D eigenvalue weighted by molar-refractivity contribution is 5.65. The maximum Gasteiger partial charge on any atom is 0.407 e. The molecule has 122 valence electrons. The van der Waals surface area contributed by atoms with Crippen molar-refractivity contribution in [3.8, 4) is 0 Å². The monoisotopic (exact) mass is 314 g/mol. The molecule has 0 spiro atoms. The van der Waals surface area contributed by atoms with E-state index < -0.39 is 6.09 Å². The van der Waals surface area contributed by atoms with E-state index in [1.54, 1.807) is 11.1 Å². The second-order valence-electron chi connectivity index (χ2n) is 5.97. The zero-order valence-electron chi connectivity index (χ0n) is 13.1. The Balaban J connectivity index is 1.61. The van der Waals surface area contributed by atoms with E-state index in [1.807, 2.05) is 24.3 Å². The molecule has 2 aromatic rings. The van der Waals surface area contributed by atoms with E-state index in [2.05, 4.69) is 27.2 Å². The molecule has 1 amide bonds. The molecule has 0 radical (unpaired) electrons. The normalized spacial score (nSPS) is 19.0. The number of H-pyrrole nitrogens is 1. The maximum atomic E-state index is 11.5. The first-order valence-corrected chi connectivity index (χ1v) is 7.96. The predicted octanol–water partition coefficient (Wildman–Crippen LogP) is 2.21. The lowest BCUT2D eigenvalue weighted by Crippen LogP contribution is -2.54. The predicted molar refractivity (Wildman–Crippen MR) is 87.1 cm³/mol. The molecule has 0 saturated carbocycles. The molecular weight excluding hydrogens is 292 g/mol. The van der Waals surface area contributed by atoms with Crippen LogP contribution in [0.1, 0.15) is 17.7 Å². The summed E-state index contributed by atoms with van der Waals surface area (Å²) in [5.41, 5.74) is 2.32. The zero-order chi connectivity index (χ0) is 16.1. The molecule has 2 heterocycles. The van der Waals surface area contributed by atoms with Crippen molar-refractivity contribution in [1.29, 1.82) is 0 Å². The molecule has 6 heteroatoms. The number of piperazine rings is 1. The fourth-order valence-electron chi connectivity index (χ4n) is 3.15. The number of hydrogen-bond donors (Lipinski definition) is 2. The fraction of sp³-hybridized carbons (Fsp3) is 0.412. The SMILES string of the molecule is O=C(O)N1CCN(Cc2ccn[nH]2)C[C@@H]1CCc1ccccc1. The molecule has 2 N–H and O–H groups in total. The Hall–Kier alpha value is -2.34. The quantitative estimate of drug-likeness (QED) is 0.887. The van der Waals surface area contributed by atoms with Crippen molar-refractivity contribution in [3.05, 3.63) is 53.9 Å². The van der Waals surface area contributed by atoms with Crippen molar-refractivity contribution in [1.82, 2.24) is 20.0 Å². The van der Waals surface area contributed by atoms with Gasteiger partial charge in [-0.1, -0.05) is 30.3 Å². The molecule has 1 aromatic carbocycles. The first-order valence-electron chi connectivity index (χ1n) is 7.96. The van der Waals surface area contributed by atoms with Gasteiger partial charge in [-0.3, -0.25) is 10.00 Å². The summed E-state index contributed by atoms with van der Waals surface area (Å²) in [4.78, 5) is 15.4. The van der Waals surface area contributed by atoms with Gasteiger partial charge in [-0.05, 0) is 24.5 Å². The Morgan fingerprint density at radius 1 is 1.26 bits per heavy atom. The summed E-state index contributed by atoms with van der Waals surface area (Å²) >= 11 is 0. The van der Waals surface area contributed by atoms with Crippen molar-refractivity contribution < 1.29 is 9.90 Å². The maximum absolute atomic E-state index is 11.5. The lowest BCUT2D eigenvalue weighted by atomic mass is 10.0. The summed E-state index contributed by atoms with van der Waals surface area (Å²) in [6.07, 6.45) is 2.67. The molecular formula is C17H22N4O2. The van der Waals surface area contributed by atoms with Gasteiger partial charge in [-0.2, -0.15) is 5.10 Å². The second-order valence-corrected chi connectivity index (χ2v) is 5.97.